The topological polar surface area (TPSA) is 70.5 Å². The minimum Gasteiger partial charge on any atom is -0.338 e. The lowest BCUT2D eigenvalue weighted by Crippen LogP contribution is -3.11. The van der Waals surface area contributed by atoms with E-state index < -0.39 is 0 Å². The summed E-state index contributed by atoms with van der Waals surface area (Å²) in [6, 6.07) is 18.0. The third kappa shape index (κ3) is 5.39. The number of fused-ring (bicyclic) bond motifs is 1. The van der Waals surface area contributed by atoms with Crippen LogP contribution in [0.15, 0.2) is 59.4 Å². The zero-order valence-electron chi connectivity index (χ0n) is 18.1. The van der Waals surface area contributed by atoms with Gasteiger partial charge in [0.1, 0.15) is 6.54 Å². The van der Waals surface area contributed by atoms with E-state index in [2.05, 4.69) is 47.2 Å². The summed E-state index contributed by atoms with van der Waals surface area (Å²) in [7, 11) is 0. The second-order valence-electron chi connectivity index (χ2n) is 8.50. The first kappa shape index (κ1) is 21.2. The molecule has 1 aromatic heterocycles. The van der Waals surface area contributed by atoms with E-state index in [0.29, 0.717) is 35.7 Å². The number of aromatic amines is 1. The lowest BCUT2D eigenvalue weighted by atomic mass is 9.90. The third-order valence-corrected chi connectivity index (χ3v) is 6.32. The number of carbonyl (C=O) groups excluding carboxylic acids is 1. The van der Waals surface area contributed by atoms with E-state index in [9.17, 15) is 9.59 Å². The number of nitrogens with zero attached hydrogens (tertiary/aromatic N) is 2. The Morgan fingerprint density at radius 2 is 1.81 bits per heavy atom. The molecule has 6 nitrogen and oxygen atoms in total. The van der Waals surface area contributed by atoms with Crippen LogP contribution >= 0.6 is 0 Å². The molecular weight excluding hydrogens is 388 g/mol. The normalized spacial score (nSPS) is 15.8. The van der Waals surface area contributed by atoms with Crippen molar-refractivity contribution in [2.24, 2.45) is 5.92 Å². The number of amides is 1. The summed E-state index contributed by atoms with van der Waals surface area (Å²) in [6.45, 7) is 5.49. The molecule has 1 fully saturated rings. The van der Waals surface area contributed by atoms with Gasteiger partial charge in [-0.15, -0.1) is 0 Å². The van der Waals surface area contributed by atoms with Crippen molar-refractivity contribution in [1.82, 2.24) is 14.9 Å². The van der Waals surface area contributed by atoms with Crippen LogP contribution in [0, 0.1) is 5.92 Å². The molecule has 2 N–H and O–H groups in total. The SMILES string of the molecule is CC[NH+](CC(=O)N1CCC(Cc2ccccc2)CC1)Cc1nc2ccccc2c(=O)[nH]1. The number of benzene rings is 2. The molecule has 1 aliphatic rings. The van der Waals surface area contributed by atoms with Gasteiger partial charge in [-0.1, -0.05) is 42.5 Å². The van der Waals surface area contributed by atoms with Crippen LogP contribution in [0.1, 0.15) is 31.2 Å². The number of likely N-dealkylation sites (tertiary alicyclic amines) is 1. The molecule has 0 bridgehead atoms. The number of rotatable bonds is 7. The molecule has 31 heavy (non-hydrogen) atoms. The van der Waals surface area contributed by atoms with Crippen molar-refractivity contribution in [3.05, 3.63) is 76.3 Å². The van der Waals surface area contributed by atoms with Gasteiger partial charge >= 0.3 is 0 Å². The molecule has 0 spiro atoms. The summed E-state index contributed by atoms with van der Waals surface area (Å²) in [5.41, 5.74) is 1.96. The number of hydrogen-bond donors (Lipinski definition) is 2. The number of carbonyl (C=O) groups is 1. The minimum absolute atomic E-state index is 0.122. The molecule has 1 saturated heterocycles. The van der Waals surface area contributed by atoms with Crippen molar-refractivity contribution in [1.29, 1.82) is 0 Å². The molecule has 1 atom stereocenters. The van der Waals surface area contributed by atoms with Crippen LogP contribution in [0.25, 0.3) is 10.9 Å². The fourth-order valence-electron chi connectivity index (χ4n) is 4.43. The van der Waals surface area contributed by atoms with E-state index in [0.717, 1.165) is 43.8 Å². The highest BCUT2D eigenvalue weighted by Gasteiger charge is 2.25. The predicted molar refractivity (Wildman–Crippen MR) is 122 cm³/mol. The van der Waals surface area contributed by atoms with Crippen LogP contribution in [-0.4, -0.2) is 47.0 Å². The molecule has 1 aliphatic heterocycles. The maximum Gasteiger partial charge on any atom is 0.277 e. The van der Waals surface area contributed by atoms with Gasteiger partial charge in [-0.3, -0.25) is 9.59 Å². The summed E-state index contributed by atoms with van der Waals surface area (Å²) in [5, 5.41) is 0.596. The number of aromatic nitrogens is 2. The van der Waals surface area contributed by atoms with Gasteiger partial charge < -0.3 is 14.8 Å². The Balaban J connectivity index is 1.32. The van der Waals surface area contributed by atoms with Crippen LogP contribution in [0.5, 0.6) is 0 Å². The van der Waals surface area contributed by atoms with Crippen LogP contribution < -0.4 is 10.5 Å². The highest BCUT2D eigenvalue weighted by molar-refractivity contribution is 5.77. The minimum atomic E-state index is -0.122. The molecule has 0 radical (unpaired) electrons. The third-order valence-electron chi connectivity index (χ3n) is 6.32. The highest BCUT2D eigenvalue weighted by Crippen LogP contribution is 2.21. The average molecular weight is 420 g/mol. The lowest BCUT2D eigenvalue weighted by molar-refractivity contribution is -0.905. The monoisotopic (exact) mass is 419 g/mol. The van der Waals surface area contributed by atoms with Crippen molar-refractivity contribution in [3.8, 4) is 0 Å². The maximum atomic E-state index is 12.9. The zero-order chi connectivity index (χ0) is 21.6. The zero-order valence-corrected chi connectivity index (χ0v) is 18.1. The second kappa shape index (κ2) is 9.88. The van der Waals surface area contributed by atoms with Crippen molar-refractivity contribution in [2.75, 3.05) is 26.2 Å². The van der Waals surface area contributed by atoms with Gasteiger partial charge in [0.2, 0.25) is 0 Å². The number of quaternary nitrogens is 1. The van der Waals surface area contributed by atoms with Gasteiger partial charge in [-0.2, -0.15) is 0 Å². The van der Waals surface area contributed by atoms with E-state index in [1.807, 2.05) is 23.1 Å². The van der Waals surface area contributed by atoms with Crippen molar-refractivity contribution in [3.63, 3.8) is 0 Å². The van der Waals surface area contributed by atoms with E-state index >= 15 is 0 Å². The second-order valence-corrected chi connectivity index (χ2v) is 8.50. The molecule has 0 aliphatic carbocycles. The molecule has 2 heterocycles. The van der Waals surface area contributed by atoms with Crippen LogP contribution in [0.2, 0.25) is 0 Å². The fourth-order valence-corrected chi connectivity index (χ4v) is 4.43. The van der Waals surface area contributed by atoms with Crippen molar-refractivity contribution in [2.45, 2.75) is 32.7 Å². The number of likely N-dealkylation sites (N-methyl/N-ethyl adjacent to an activating group) is 1. The number of H-pyrrole nitrogens is 1. The fraction of sp³-hybridized carbons (Fsp3) is 0.400. The van der Waals surface area contributed by atoms with E-state index in [1.54, 1.807) is 6.07 Å². The first-order chi connectivity index (χ1) is 15.1. The summed E-state index contributed by atoms with van der Waals surface area (Å²) in [5.74, 6) is 1.47. The van der Waals surface area contributed by atoms with E-state index in [-0.39, 0.29) is 11.5 Å². The first-order valence-electron chi connectivity index (χ1n) is 11.3. The predicted octanol–water partition coefficient (Wildman–Crippen LogP) is 1.81. The number of hydrogen-bond acceptors (Lipinski definition) is 3. The average Bonchev–Trinajstić information content (AvgIpc) is 2.80. The molecule has 162 valence electrons. The van der Waals surface area contributed by atoms with Gasteiger partial charge in [0.15, 0.2) is 12.4 Å². The number of para-hydroxylation sites is 1. The number of piperidine rings is 1. The number of nitrogens with one attached hydrogen (secondary N) is 2. The first-order valence-corrected chi connectivity index (χ1v) is 11.3. The van der Waals surface area contributed by atoms with Crippen LogP contribution in [0.3, 0.4) is 0 Å². The Morgan fingerprint density at radius 1 is 1.10 bits per heavy atom. The molecule has 6 heteroatoms. The summed E-state index contributed by atoms with van der Waals surface area (Å²) >= 11 is 0. The molecule has 1 amide bonds. The van der Waals surface area contributed by atoms with Gasteiger partial charge in [0.25, 0.3) is 11.5 Å². The van der Waals surface area contributed by atoms with Crippen molar-refractivity contribution < 1.29 is 9.69 Å². The Kier molecular flexibility index (Phi) is 6.77. The van der Waals surface area contributed by atoms with Crippen molar-refractivity contribution >= 4 is 16.8 Å². The Labute approximate surface area is 182 Å². The van der Waals surface area contributed by atoms with Gasteiger partial charge in [0.05, 0.1) is 17.4 Å². The molecule has 2 aromatic carbocycles. The largest absolute Gasteiger partial charge is 0.338 e. The van der Waals surface area contributed by atoms with E-state index in [1.165, 1.54) is 5.56 Å². The Morgan fingerprint density at radius 3 is 2.55 bits per heavy atom. The van der Waals surface area contributed by atoms with Crippen LogP contribution in [-0.2, 0) is 17.8 Å². The lowest BCUT2D eigenvalue weighted by Gasteiger charge is -2.32. The molecular formula is C25H31N4O2+. The molecule has 4 rings (SSSR count). The van der Waals surface area contributed by atoms with Gasteiger partial charge in [-0.25, -0.2) is 4.98 Å². The summed E-state index contributed by atoms with van der Waals surface area (Å²) in [6.07, 6.45) is 3.21. The Hall–Kier alpha value is -2.99. The Bertz CT molecular complexity index is 1070. The van der Waals surface area contributed by atoms with E-state index in [4.69, 9.17) is 0 Å². The molecule has 1 unspecified atom stereocenters. The molecule has 3 aromatic rings. The summed E-state index contributed by atoms with van der Waals surface area (Å²) < 4.78 is 0. The molecule has 0 saturated carbocycles. The van der Waals surface area contributed by atoms with Crippen LogP contribution in [0.4, 0.5) is 0 Å². The smallest absolute Gasteiger partial charge is 0.277 e. The quantitative estimate of drug-likeness (QED) is 0.614. The van der Waals surface area contributed by atoms with Gasteiger partial charge in [-0.05, 0) is 49.8 Å². The standard InChI is InChI=1S/C25H30N4O2/c1-2-28(17-23-26-22-11-7-6-10-21(22)25(31)27-23)18-24(30)29-14-12-20(13-15-29)16-19-8-4-3-5-9-19/h3-11,20H,2,12-18H2,1H3,(H,26,27,31)/p+1. The maximum absolute atomic E-state index is 12.9. The van der Waals surface area contributed by atoms with Gasteiger partial charge in [0, 0.05) is 13.1 Å². The highest BCUT2D eigenvalue weighted by atomic mass is 16.2. The summed E-state index contributed by atoms with van der Waals surface area (Å²) in [4.78, 5) is 35.8.